The van der Waals surface area contributed by atoms with Gasteiger partial charge >= 0.3 is 10.2 Å². The predicted molar refractivity (Wildman–Crippen MR) is 135 cm³/mol. The van der Waals surface area contributed by atoms with E-state index in [1.54, 1.807) is 30.3 Å². The van der Waals surface area contributed by atoms with Crippen LogP contribution in [0.5, 0.6) is 5.75 Å². The van der Waals surface area contributed by atoms with Crippen LogP contribution in [0.2, 0.25) is 0 Å². The molecule has 0 radical (unpaired) electrons. The van der Waals surface area contributed by atoms with Crippen molar-refractivity contribution in [3.8, 4) is 5.75 Å². The van der Waals surface area contributed by atoms with Crippen LogP contribution in [0.3, 0.4) is 0 Å². The van der Waals surface area contributed by atoms with Crippen molar-refractivity contribution in [1.82, 2.24) is 9.62 Å². The van der Waals surface area contributed by atoms with E-state index in [9.17, 15) is 17.6 Å². The van der Waals surface area contributed by atoms with E-state index < -0.39 is 16.0 Å². The van der Waals surface area contributed by atoms with Gasteiger partial charge in [0.25, 0.3) is 5.91 Å². The van der Waals surface area contributed by atoms with Crippen molar-refractivity contribution in [3.05, 3.63) is 95.3 Å². The molecule has 1 amide bonds. The first-order valence-corrected chi connectivity index (χ1v) is 12.7. The monoisotopic (exact) mass is 499 g/mol. The largest absolute Gasteiger partial charge is 0.492 e. The van der Waals surface area contributed by atoms with Gasteiger partial charge in [-0.3, -0.25) is 9.10 Å². The topological polar surface area (TPSA) is 79.0 Å². The van der Waals surface area contributed by atoms with Gasteiger partial charge in [0.15, 0.2) is 0 Å². The molecule has 3 aromatic carbocycles. The second kappa shape index (κ2) is 11.8. The summed E-state index contributed by atoms with van der Waals surface area (Å²) >= 11 is 0. The number of amides is 1. The number of hydrogen-bond acceptors (Lipinski definition) is 4. The molecule has 0 bridgehead atoms. The predicted octanol–water partition coefficient (Wildman–Crippen LogP) is 4.01. The molecule has 186 valence electrons. The Morgan fingerprint density at radius 2 is 1.57 bits per heavy atom. The molecule has 0 aliphatic carbocycles. The lowest BCUT2D eigenvalue weighted by Crippen LogP contribution is -2.40. The first kappa shape index (κ1) is 26.2. The van der Waals surface area contributed by atoms with Crippen LogP contribution in [0, 0.1) is 5.82 Å². The standard InChI is InChI=1S/C26H30FN3O4S/c1-4-20-11-15-23(16-12-20)34-18-17-28-26(31)22-13-9-21(10-14-22)19-30(35(32,33)29(2)3)25-8-6-5-7-24(25)27/h5-16H,4,17-19H2,1-3H3,(H,28,31). The molecule has 9 heteroatoms. The molecule has 35 heavy (non-hydrogen) atoms. The fourth-order valence-corrected chi connectivity index (χ4v) is 4.43. The minimum absolute atomic E-state index is 0.0487. The van der Waals surface area contributed by atoms with E-state index in [0.717, 1.165) is 20.8 Å². The maximum atomic E-state index is 14.4. The fourth-order valence-electron chi connectivity index (χ4n) is 3.33. The molecule has 0 fully saturated rings. The normalized spacial score (nSPS) is 11.3. The Kier molecular flexibility index (Phi) is 8.84. The molecule has 0 heterocycles. The minimum atomic E-state index is -3.95. The maximum Gasteiger partial charge on any atom is 0.303 e. The first-order valence-electron chi connectivity index (χ1n) is 11.3. The van der Waals surface area contributed by atoms with Gasteiger partial charge in [0, 0.05) is 19.7 Å². The van der Waals surface area contributed by atoms with Crippen LogP contribution in [0.15, 0.2) is 72.8 Å². The number of carbonyl (C=O) groups excluding carboxylic acids is 1. The molecule has 0 saturated heterocycles. The number of hydrogen-bond donors (Lipinski definition) is 1. The highest BCUT2D eigenvalue weighted by Crippen LogP contribution is 2.25. The Bertz CT molecular complexity index is 1230. The van der Waals surface area contributed by atoms with E-state index >= 15 is 0 Å². The second-order valence-corrected chi connectivity index (χ2v) is 10.1. The van der Waals surface area contributed by atoms with Crippen molar-refractivity contribution in [1.29, 1.82) is 0 Å². The van der Waals surface area contributed by atoms with Gasteiger partial charge in [0.1, 0.15) is 18.2 Å². The summed E-state index contributed by atoms with van der Waals surface area (Å²) in [6.45, 7) is 2.66. The number of carbonyl (C=O) groups is 1. The molecular weight excluding hydrogens is 469 g/mol. The summed E-state index contributed by atoms with van der Waals surface area (Å²) in [5, 5.41) is 2.80. The summed E-state index contributed by atoms with van der Waals surface area (Å²) < 4.78 is 47.8. The number of nitrogens with one attached hydrogen (secondary N) is 1. The highest BCUT2D eigenvalue weighted by atomic mass is 32.2. The third-order valence-electron chi connectivity index (χ3n) is 5.39. The summed E-state index contributed by atoms with van der Waals surface area (Å²) in [4.78, 5) is 12.5. The highest BCUT2D eigenvalue weighted by Gasteiger charge is 2.27. The van der Waals surface area contributed by atoms with Crippen LogP contribution in [-0.2, 0) is 23.2 Å². The van der Waals surface area contributed by atoms with E-state index in [-0.39, 0.29) is 18.1 Å². The highest BCUT2D eigenvalue weighted by molar-refractivity contribution is 7.90. The minimum Gasteiger partial charge on any atom is -0.492 e. The van der Waals surface area contributed by atoms with Crippen molar-refractivity contribution >= 4 is 21.8 Å². The van der Waals surface area contributed by atoms with E-state index in [4.69, 9.17) is 4.74 Å². The van der Waals surface area contributed by atoms with E-state index in [1.165, 1.54) is 37.9 Å². The molecule has 0 unspecified atom stereocenters. The summed E-state index contributed by atoms with van der Waals surface area (Å²) in [5.41, 5.74) is 2.21. The molecule has 0 spiro atoms. The zero-order valence-electron chi connectivity index (χ0n) is 20.1. The Hall–Kier alpha value is -3.43. The third kappa shape index (κ3) is 6.80. The van der Waals surface area contributed by atoms with Gasteiger partial charge in [-0.05, 0) is 53.9 Å². The van der Waals surface area contributed by atoms with Gasteiger partial charge < -0.3 is 10.1 Å². The van der Waals surface area contributed by atoms with Gasteiger partial charge in [-0.15, -0.1) is 0 Å². The van der Waals surface area contributed by atoms with E-state index in [0.29, 0.717) is 24.3 Å². The molecule has 0 aromatic heterocycles. The number of nitrogens with zero attached hydrogens (tertiary/aromatic N) is 2. The Morgan fingerprint density at radius 3 is 2.17 bits per heavy atom. The van der Waals surface area contributed by atoms with Crippen molar-refractivity contribution < 1.29 is 22.3 Å². The molecule has 3 aromatic rings. The van der Waals surface area contributed by atoms with Crippen molar-refractivity contribution in [2.45, 2.75) is 19.9 Å². The molecule has 3 rings (SSSR count). The van der Waals surface area contributed by atoms with Crippen molar-refractivity contribution in [3.63, 3.8) is 0 Å². The van der Waals surface area contributed by atoms with Gasteiger partial charge in [0.05, 0.1) is 18.8 Å². The number of rotatable bonds is 11. The lowest BCUT2D eigenvalue weighted by Gasteiger charge is -2.27. The lowest BCUT2D eigenvalue weighted by molar-refractivity contribution is 0.0947. The Labute approximate surface area is 206 Å². The maximum absolute atomic E-state index is 14.4. The molecule has 0 aliphatic rings. The number of anilines is 1. The van der Waals surface area contributed by atoms with Crippen LogP contribution in [0.1, 0.15) is 28.4 Å². The van der Waals surface area contributed by atoms with Gasteiger partial charge in [-0.25, -0.2) is 4.39 Å². The molecule has 0 saturated carbocycles. The number of aryl methyl sites for hydroxylation is 1. The zero-order chi connectivity index (χ0) is 25.4. The smallest absolute Gasteiger partial charge is 0.303 e. The SMILES string of the molecule is CCc1ccc(OCCNC(=O)c2ccc(CN(c3ccccc3F)S(=O)(=O)N(C)C)cc2)cc1. The summed E-state index contributed by atoms with van der Waals surface area (Å²) in [5.74, 6) is -0.168. The van der Waals surface area contributed by atoms with E-state index in [1.807, 2.05) is 24.3 Å². The molecule has 7 nitrogen and oxygen atoms in total. The Morgan fingerprint density at radius 1 is 0.943 bits per heavy atom. The van der Waals surface area contributed by atoms with Crippen LogP contribution in [-0.4, -0.2) is 45.9 Å². The molecular formula is C26H30FN3O4S. The van der Waals surface area contributed by atoms with Crippen LogP contribution < -0.4 is 14.4 Å². The Balaban J connectivity index is 1.61. The van der Waals surface area contributed by atoms with Crippen LogP contribution >= 0.6 is 0 Å². The molecule has 0 atom stereocenters. The number of para-hydroxylation sites is 1. The molecule has 0 aliphatic heterocycles. The second-order valence-electron chi connectivity index (χ2n) is 8.05. The summed E-state index contributed by atoms with van der Waals surface area (Å²) in [7, 11) is -1.17. The van der Waals surface area contributed by atoms with Gasteiger partial charge in [-0.1, -0.05) is 43.3 Å². The average molecular weight is 500 g/mol. The van der Waals surface area contributed by atoms with Crippen molar-refractivity contribution in [2.75, 3.05) is 31.6 Å². The summed E-state index contributed by atoms with van der Waals surface area (Å²) in [6, 6.07) is 20.0. The lowest BCUT2D eigenvalue weighted by atomic mass is 10.1. The number of halogens is 1. The summed E-state index contributed by atoms with van der Waals surface area (Å²) in [6.07, 6.45) is 0.960. The third-order valence-corrected chi connectivity index (χ3v) is 7.20. The average Bonchev–Trinajstić information content (AvgIpc) is 2.86. The van der Waals surface area contributed by atoms with Crippen LogP contribution in [0.4, 0.5) is 10.1 Å². The zero-order valence-corrected chi connectivity index (χ0v) is 20.9. The van der Waals surface area contributed by atoms with E-state index in [2.05, 4.69) is 12.2 Å². The number of ether oxygens (including phenoxy) is 1. The quantitative estimate of drug-likeness (QED) is 0.405. The molecule has 1 N–H and O–H groups in total. The van der Waals surface area contributed by atoms with Gasteiger partial charge in [-0.2, -0.15) is 12.7 Å². The fraction of sp³-hybridized carbons (Fsp3) is 0.269. The first-order chi connectivity index (χ1) is 16.7. The van der Waals surface area contributed by atoms with Crippen LogP contribution in [0.25, 0.3) is 0 Å². The number of benzene rings is 3. The van der Waals surface area contributed by atoms with Gasteiger partial charge in [0.2, 0.25) is 0 Å². The van der Waals surface area contributed by atoms with Crippen molar-refractivity contribution in [2.24, 2.45) is 0 Å².